The Balaban J connectivity index is 2.44. The molecule has 0 aliphatic carbocycles. The smallest absolute Gasteiger partial charge is 0.239 e. The maximum atomic E-state index is 12.1. The minimum atomic E-state index is -3.20. The molecule has 4 heteroatoms. The Hall–Kier alpha value is -1.55. The molecule has 2 aromatic carbocycles. The SMILES string of the molecule is CCN1c2cccc3cccc(c23)CS1(=O)=O. The predicted molar refractivity (Wildman–Crippen MR) is 69.6 cm³/mol. The summed E-state index contributed by atoms with van der Waals surface area (Å²) in [5, 5.41) is 2.18. The van der Waals surface area contributed by atoms with Crippen molar-refractivity contribution >= 4 is 26.5 Å². The number of anilines is 1. The average Bonchev–Trinajstić information content (AvgIpc) is 2.28. The molecular formula is C13H13NO2S. The first-order valence-electron chi connectivity index (χ1n) is 5.64. The van der Waals surface area contributed by atoms with Gasteiger partial charge in [0.1, 0.15) is 0 Å². The van der Waals surface area contributed by atoms with E-state index in [2.05, 4.69) is 0 Å². The van der Waals surface area contributed by atoms with Crippen LogP contribution in [-0.4, -0.2) is 15.0 Å². The molecule has 0 fully saturated rings. The molecule has 3 rings (SSSR count). The van der Waals surface area contributed by atoms with Gasteiger partial charge in [0.2, 0.25) is 10.0 Å². The minimum absolute atomic E-state index is 0.106. The van der Waals surface area contributed by atoms with Crippen LogP contribution in [-0.2, 0) is 15.8 Å². The molecule has 0 N–H and O–H groups in total. The maximum Gasteiger partial charge on any atom is 0.239 e. The first-order chi connectivity index (χ1) is 8.13. The third kappa shape index (κ3) is 1.44. The molecule has 0 amide bonds. The molecule has 0 saturated carbocycles. The highest BCUT2D eigenvalue weighted by Crippen LogP contribution is 2.37. The van der Waals surface area contributed by atoms with Gasteiger partial charge in [-0.3, -0.25) is 4.31 Å². The molecule has 1 aliphatic rings. The molecule has 0 unspecified atom stereocenters. The van der Waals surface area contributed by atoms with Crippen LogP contribution in [0.3, 0.4) is 0 Å². The topological polar surface area (TPSA) is 37.4 Å². The van der Waals surface area contributed by atoms with Gasteiger partial charge in [-0.05, 0) is 23.9 Å². The zero-order chi connectivity index (χ0) is 12.0. The summed E-state index contributed by atoms with van der Waals surface area (Å²) in [4.78, 5) is 0. The Morgan fingerprint density at radius 2 is 1.88 bits per heavy atom. The van der Waals surface area contributed by atoms with Crippen molar-refractivity contribution in [3.63, 3.8) is 0 Å². The summed E-state index contributed by atoms with van der Waals surface area (Å²) in [6, 6.07) is 11.6. The summed E-state index contributed by atoms with van der Waals surface area (Å²) in [6.45, 7) is 2.35. The van der Waals surface area contributed by atoms with E-state index in [1.165, 1.54) is 4.31 Å². The van der Waals surface area contributed by atoms with Crippen LogP contribution in [0.5, 0.6) is 0 Å². The molecule has 0 spiro atoms. The number of benzene rings is 2. The van der Waals surface area contributed by atoms with Crippen LogP contribution >= 0.6 is 0 Å². The lowest BCUT2D eigenvalue weighted by Crippen LogP contribution is -2.34. The molecule has 1 aliphatic heterocycles. The second-order valence-electron chi connectivity index (χ2n) is 4.21. The quantitative estimate of drug-likeness (QED) is 0.776. The van der Waals surface area contributed by atoms with Gasteiger partial charge < -0.3 is 0 Å². The van der Waals surface area contributed by atoms with Crippen LogP contribution in [0, 0.1) is 0 Å². The van der Waals surface area contributed by atoms with E-state index in [-0.39, 0.29) is 5.75 Å². The van der Waals surface area contributed by atoms with E-state index >= 15 is 0 Å². The lowest BCUT2D eigenvalue weighted by molar-refractivity contribution is 0.590. The first kappa shape index (κ1) is 10.6. The molecule has 17 heavy (non-hydrogen) atoms. The standard InChI is InChI=1S/C13H13NO2S/c1-2-14-12-8-4-6-10-5-3-7-11(13(10)12)9-17(14,15)16/h3-8H,2,9H2,1H3. The third-order valence-electron chi connectivity index (χ3n) is 3.20. The molecule has 1 heterocycles. The van der Waals surface area contributed by atoms with Crippen molar-refractivity contribution in [2.24, 2.45) is 0 Å². The molecule has 0 aromatic heterocycles. The number of nitrogens with zero attached hydrogens (tertiary/aromatic N) is 1. The lowest BCUT2D eigenvalue weighted by Gasteiger charge is -2.29. The summed E-state index contributed by atoms with van der Waals surface area (Å²) in [5.41, 5.74) is 1.72. The van der Waals surface area contributed by atoms with Gasteiger partial charge in [-0.25, -0.2) is 8.42 Å². The molecule has 0 atom stereocenters. The normalized spacial score (nSPS) is 17.4. The van der Waals surface area contributed by atoms with Crippen LogP contribution in [0.4, 0.5) is 5.69 Å². The Labute approximate surface area is 101 Å². The fourth-order valence-corrected chi connectivity index (χ4v) is 4.15. The van der Waals surface area contributed by atoms with Gasteiger partial charge in [-0.1, -0.05) is 30.3 Å². The van der Waals surface area contributed by atoms with Gasteiger partial charge >= 0.3 is 0 Å². The second kappa shape index (κ2) is 3.47. The van der Waals surface area contributed by atoms with Crippen molar-refractivity contribution in [3.05, 3.63) is 42.0 Å². The molecule has 2 aromatic rings. The molecule has 3 nitrogen and oxygen atoms in total. The Morgan fingerprint density at radius 3 is 2.59 bits per heavy atom. The van der Waals surface area contributed by atoms with Gasteiger partial charge in [0.25, 0.3) is 0 Å². The van der Waals surface area contributed by atoms with Crippen LogP contribution < -0.4 is 4.31 Å². The van der Waals surface area contributed by atoms with E-state index in [1.807, 2.05) is 43.3 Å². The van der Waals surface area contributed by atoms with Gasteiger partial charge in [0, 0.05) is 11.9 Å². The summed E-state index contributed by atoms with van der Waals surface area (Å²) in [6.07, 6.45) is 0. The van der Waals surface area contributed by atoms with Crippen molar-refractivity contribution in [1.82, 2.24) is 0 Å². The Morgan fingerprint density at radius 1 is 1.18 bits per heavy atom. The Kier molecular flexibility index (Phi) is 2.16. The summed E-state index contributed by atoms with van der Waals surface area (Å²) in [7, 11) is -3.20. The fraction of sp³-hybridized carbons (Fsp3) is 0.231. The van der Waals surface area contributed by atoms with E-state index in [0.717, 1.165) is 22.0 Å². The monoisotopic (exact) mass is 247 g/mol. The van der Waals surface area contributed by atoms with E-state index in [9.17, 15) is 8.42 Å². The van der Waals surface area contributed by atoms with Crippen molar-refractivity contribution in [2.75, 3.05) is 10.8 Å². The van der Waals surface area contributed by atoms with E-state index in [0.29, 0.717) is 6.54 Å². The number of rotatable bonds is 1. The van der Waals surface area contributed by atoms with E-state index in [4.69, 9.17) is 0 Å². The van der Waals surface area contributed by atoms with Crippen molar-refractivity contribution in [3.8, 4) is 0 Å². The molecule has 0 saturated heterocycles. The molecule has 0 bridgehead atoms. The van der Waals surface area contributed by atoms with Crippen LogP contribution in [0.1, 0.15) is 12.5 Å². The first-order valence-corrected chi connectivity index (χ1v) is 7.25. The van der Waals surface area contributed by atoms with Crippen LogP contribution in [0.15, 0.2) is 36.4 Å². The summed E-state index contributed by atoms with van der Waals surface area (Å²) in [5.74, 6) is 0.106. The van der Waals surface area contributed by atoms with E-state index < -0.39 is 10.0 Å². The molecular weight excluding hydrogens is 234 g/mol. The summed E-state index contributed by atoms with van der Waals surface area (Å²) < 4.78 is 25.8. The maximum absolute atomic E-state index is 12.1. The zero-order valence-electron chi connectivity index (χ0n) is 9.55. The van der Waals surface area contributed by atoms with Crippen LogP contribution in [0.2, 0.25) is 0 Å². The average molecular weight is 247 g/mol. The van der Waals surface area contributed by atoms with Gasteiger partial charge in [0.15, 0.2) is 0 Å². The third-order valence-corrected chi connectivity index (χ3v) is 5.00. The molecule has 88 valence electrons. The minimum Gasteiger partial charge on any atom is -0.270 e. The number of hydrogen-bond donors (Lipinski definition) is 0. The Bertz CT molecular complexity index is 686. The number of sulfonamides is 1. The van der Waals surface area contributed by atoms with Crippen molar-refractivity contribution in [1.29, 1.82) is 0 Å². The highest BCUT2D eigenvalue weighted by atomic mass is 32.2. The van der Waals surface area contributed by atoms with Crippen LogP contribution in [0.25, 0.3) is 10.8 Å². The predicted octanol–water partition coefficient (Wildman–Crippen LogP) is 2.51. The van der Waals surface area contributed by atoms with E-state index in [1.54, 1.807) is 0 Å². The summed E-state index contributed by atoms with van der Waals surface area (Å²) >= 11 is 0. The van der Waals surface area contributed by atoms with Gasteiger partial charge in [-0.2, -0.15) is 0 Å². The second-order valence-corrected chi connectivity index (χ2v) is 6.11. The highest BCUT2D eigenvalue weighted by Gasteiger charge is 2.29. The zero-order valence-corrected chi connectivity index (χ0v) is 10.4. The van der Waals surface area contributed by atoms with Crippen molar-refractivity contribution in [2.45, 2.75) is 12.7 Å². The lowest BCUT2D eigenvalue weighted by atomic mass is 10.0. The molecule has 0 radical (unpaired) electrons. The number of hydrogen-bond acceptors (Lipinski definition) is 2. The largest absolute Gasteiger partial charge is 0.270 e. The highest BCUT2D eigenvalue weighted by molar-refractivity contribution is 7.92. The fourth-order valence-electron chi connectivity index (χ4n) is 2.52. The van der Waals surface area contributed by atoms with Crippen molar-refractivity contribution < 1.29 is 8.42 Å². The van der Waals surface area contributed by atoms with Gasteiger partial charge in [-0.15, -0.1) is 0 Å². The van der Waals surface area contributed by atoms with Gasteiger partial charge in [0.05, 0.1) is 11.4 Å².